The van der Waals surface area contributed by atoms with Crippen LogP contribution in [0.1, 0.15) is 35.3 Å². The summed E-state index contributed by atoms with van der Waals surface area (Å²) in [6.07, 6.45) is 1.52. The van der Waals surface area contributed by atoms with Gasteiger partial charge >= 0.3 is 0 Å². The molecule has 0 aliphatic rings. The number of hydrogen-bond acceptors (Lipinski definition) is 4. The number of carbonyl (C=O) groups is 2. The van der Waals surface area contributed by atoms with Gasteiger partial charge in [0.2, 0.25) is 0 Å². The molecule has 6 nitrogen and oxygen atoms in total. The molecule has 0 saturated carbocycles. The lowest BCUT2D eigenvalue weighted by atomic mass is 10.0. The first kappa shape index (κ1) is 25.3. The quantitative estimate of drug-likeness (QED) is 0.303. The number of hydrazone groups is 1. The lowest BCUT2D eigenvalue weighted by Gasteiger charge is -2.20. The molecule has 0 fully saturated rings. The van der Waals surface area contributed by atoms with E-state index in [0.717, 1.165) is 11.1 Å². The minimum atomic E-state index is -0.776. The molecule has 3 aromatic carbocycles. The van der Waals surface area contributed by atoms with Crippen LogP contribution in [-0.2, 0) is 11.4 Å². The van der Waals surface area contributed by atoms with Crippen molar-refractivity contribution < 1.29 is 14.3 Å². The normalized spacial score (nSPS) is 11.9. The van der Waals surface area contributed by atoms with Gasteiger partial charge in [0.1, 0.15) is 18.4 Å². The van der Waals surface area contributed by atoms with Crippen molar-refractivity contribution in [2.75, 3.05) is 0 Å². The molecule has 0 bridgehead atoms. The van der Waals surface area contributed by atoms with Crippen molar-refractivity contribution in [1.29, 1.82) is 0 Å². The average Bonchev–Trinajstić information content (AvgIpc) is 2.82. The van der Waals surface area contributed by atoms with Crippen LogP contribution in [0.2, 0.25) is 10.0 Å². The summed E-state index contributed by atoms with van der Waals surface area (Å²) in [6, 6.07) is 20.6. The first-order valence-corrected chi connectivity index (χ1v) is 11.5. The third kappa shape index (κ3) is 7.07. The Labute approximate surface area is 208 Å². The molecule has 0 spiro atoms. The Morgan fingerprint density at radius 1 is 0.941 bits per heavy atom. The number of benzene rings is 3. The second-order valence-electron chi connectivity index (χ2n) is 7.86. The zero-order valence-corrected chi connectivity index (χ0v) is 20.3. The molecule has 3 aromatic rings. The van der Waals surface area contributed by atoms with Crippen molar-refractivity contribution >= 4 is 41.2 Å². The van der Waals surface area contributed by atoms with E-state index in [9.17, 15) is 9.59 Å². The van der Waals surface area contributed by atoms with E-state index in [1.54, 1.807) is 36.4 Å². The Morgan fingerprint density at radius 3 is 2.24 bits per heavy atom. The van der Waals surface area contributed by atoms with Gasteiger partial charge in [0, 0.05) is 10.6 Å². The van der Waals surface area contributed by atoms with E-state index in [0.29, 0.717) is 28.0 Å². The van der Waals surface area contributed by atoms with Crippen molar-refractivity contribution in [3.8, 4) is 5.75 Å². The summed E-state index contributed by atoms with van der Waals surface area (Å²) in [5, 5.41) is 7.72. The van der Waals surface area contributed by atoms with Crippen molar-refractivity contribution in [2.45, 2.75) is 26.5 Å². The summed E-state index contributed by atoms with van der Waals surface area (Å²) < 4.78 is 5.76. The van der Waals surface area contributed by atoms with Crippen LogP contribution in [0.4, 0.5) is 0 Å². The van der Waals surface area contributed by atoms with Crippen molar-refractivity contribution in [3.05, 3.63) is 99.5 Å². The van der Waals surface area contributed by atoms with Crippen LogP contribution >= 0.6 is 23.2 Å². The lowest BCUT2D eigenvalue weighted by Crippen LogP contribution is -2.48. The summed E-state index contributed by atoms with van der Waals surface area (Å²) in [5.41, 5.74) is 4.47. The number of ether oxygens (including phenoxy) is 1. The van der Waals surface area contributed by atoms with Gasteiger partial charge in [-0.2, -0.15) is 5.10 Å². The molecular weight excluding hydrogens is 473 g/mol. The molecule has 1 unspecified atom stereocenters. The highest BCUT2D eigenvalue weighted by Crippen LogP contribution is 2.19. The monoisotopic (exact) mass is 497 g/mol. The summed E-state index contributed by atoms with van der Waals surface area (Å²) in [5.74, 6) is -0.318. The van der Waals surface area contributed by atoms with Crippen LogP contribution in [0.5, 0.6) is 5.75 Å². The second kappa shape index (κ2) is 12.2. The zero-order valence-electron chi connectivity index (χ0n) is 18.8. The Bertz CT molecular complexity index is 1160. The van der Waals surface area contributed by atoms with E-state index < -0.39 is 17.9 Å². The molecule has 0 aliphatic carbocycles. The third-order valence-electron chi connectivity index (χ3n) is 4.97. The number of rotatable bonds is 9. The minimum absolute atomic E-state index is 0.156. The lowest BCUT2D eigenvalue weighted by molar-refractivity contribution is -0.123. The van der Waals surface area contributed by atoms with Crippen LogP contribution in [0.3, 0.4) is 0 Å². The van der Waals surface area contributed by atoms with Gasteiger partial charge in [0.25, 0.3) is 11.8 Å². The molecule has 1 atom stereocenters. The molecule has 34 heavy (non-hydrogen) atoms. The summed E-state index contributed by atoms with van der Waals surface area (Å²) in [4.78, 5) is 25.2. The van der Waals surface area contributed by atoms with Gasteiger partial charge < -0.3 is 10.1 Å². The van der Waals surface area contributed by atoms with Crippen LogP contribution in [0, 0.1) is 5.92 Å². The van der Waals surface area contributed by atoms with Crippen molar-refractivity contribution in [2.24, 2.45) is 11.0 Å². The van der Waals surface area contributed by atoms with E-state index in [1.807, 2.05) is 50.2 Å². The zero-order chi connectivity index (χ0) is 24.5. The average molecular weight is 498 g/mol. The highest BCUT2D eigenvalue weighted by molar-refractivity contribution is 6.33. The standard InChI is InChI=1S/C26H25Cl2N3O3/c1-17(2)24(30-25(32)21-8-4-6-10-23(21)28)26(33)31-29-15-18-11-13-20(14-12-18)34-16-19-7-3-5-9-22(19)27/h3-15,17,24H,16H2,1-2H3,(H,30,32)(H,31,33)/b29-15+. The number of amides is 2. The van der Waals surface area contributed by atoms with Gasteiger partial charge in [-0.3, -0.25) is 9.59 Å². The van der Waals surface area contributed by atoms with Crippen LogP contribution < -0.4 is 15.5 Å². The highest BCUT2D eigenvalue weighted by Gasteiger charge is 2.25. The number of nitrogens with one attached hydrogen (secondary N) is 2. The van der Waals surface area contributed by atoms with Crippen LogP contribution in [-0.4, -0.2) is 24.1 Å². The first-order valence-electron chi connectivity index (χ1n) is 10.7. The second-order valence-corrected chi connectivity index (χ2v) is 8.67. The molecule has 0 heterocycles. The molecule has 0 aliphatic heterocycles. The van der Waals surface area contributed by atoms with Gasteiger partial charge in [-0.1, -0.05) is 67.4 Å². The predicted octanol–water partition coefficient (Wildman–Crippen LogP) is 5.48. The van der Waals surface area contributed by atoms with Gasteiger partial charge in [-0.05, 0) is 53.9 Å². The minimum Gasteiger partial charge on any atom is -0.489 e. The largest absolute Gasteiger partial charge is 0.489 e. The number of halogens is 2. The summed E-state index contributed by atoms with van der Waals surface area (Å²) >= 11 is 12.2. The van der Waals surface area contributed by atoms with E-state index >= 15 is 0 Å². The maximum absolute atomic E-state index is 12.6. The molecule has 0 aromatic heterocycles. The molecule has 3 rings (SSSR count). The summed E-state index contributed by atoms with van der Waals surface area (Å²) in [7, 11) is 0. The van der Waals surface area contributed by atoms with E-state index in [1.165, 1.54) is 6.21 Å². The van der Waals surface area contributed by atoms with E-state index in [-0.39, 0.29) is 5.92 Å². The fourth-order valence-electron chi connectivity index (χ4n) is 3.07. The summed E-state index contributed by atoms with van der Waals surface area (Å²) in [6.45, 7) is 4.03. The number of carbonyl (C=O) groups excluding carboxylic acids is 2. The molecule has 0 saturated heterocycles. The van der Waals surface area contributed by atoms with Crippen molar-refractivity contribution in [3.63, 3.8) is 0 Å². The third-order valence-corrected chi connectivity index (χ3v) is 5.67. The Kier molecular flexibility index (Phi) is 9.08. The number of hydrogen-bond donors (Lipinski definition) is 2. The van der Waals surface area contributed by atoms with Gasteiger partial charge in [-0.15, -0.1) is 0 Å². The SMILES string of the molecule is CC(C)C(NC(=O)c1ccccc1Cl)C(=O)N/N=C/c1ccc(OCc2ccccc2Cl)cc1. The first-order chi connectivity index (χ1) is 16.3. The fraction of sp³-hybridized carbons (Fsp3) is 0.192. The maximum Gasteiger partial charge on any atom is 0.262 e. The van der Waals surface area contributed by atoms with Crippen LogP contribution in [0.15, 0.2) is 77.9 Å². The molecule has 0 radical (unpaired) electrons. The van der Waals surface area contributed by atoms with Gasteiger partial charge in [0.05, 0.1) is 16.8 Å². The molecule has 2 N–H and O–H groups in total. The topological polar surface area (TPSA) is 79.8 Å². The van der Waals surface area contributed by atoms with E-state index in [4.69, 9.17) is 27.9 Å². The van der Waals surface area contributed by atoms with Crippen LogP contribution in [0.25, 0.3) is 0 Å². The van der Waals surface area contributed by atoms with E-state index in [2.05, 4.69) is 15.8 Å². The Morgan fingerprint density at radius 2 is 1.59 bits per heavy atom. The van der Waals surface area contributed by atoms with Crippen molar-refractivity contribution in [1.82, 2.24) is 10.7 Å². The Hall–Kier alpha value is -3.35. The maximum atomic E-state index is 12.6. The number of nitrogens with zero attached hydrogens (tertiary/aromatic N) is 1. The molecule has 2 amide bonds. The molecule has 8 heteroatoms. The highest BCUT2D eigenvalue weighted by atomic mass is 35.5. The van der Waals surface area contributed by atoms with Gasteiger partial charge in [-0.25, -0.2) is 5.43 Å². The smallest absolute Gasteiger partial charge is 0.262 e. The predicted molar refractivity (Wildman–Crippen MR) is 136 cm³/mol. The Balaban J connectivity index is 1.54. The van der Waals surface area contributed by atoms with Gasteiger partial charge in [0.15, 0.2) is 0 Å². The fourth-order valence-corrected chi connectivity index (χ4v) is 3.48. The molecule has 176 valence electrons. The molecular formula is C26H25Cl2N3O3.